The SMILES string of the molecule is O=C(C1CC1c1ccc(C(F)(F)F)cc1)N1CCOC(c2ccccc2)C1. The number of ether oxygens (including phenoxy) is 1. The normalized spacial score (nSPS) is 25.3. The van der Waals surface area contributed by atoms with Gasteiger partial charge in [-0.25, -0.2) is 0 Å². The molecule has 0 spiro atoms. The van der Waals surface area contributed by atoms with Gasteiger partial charge in [-0.2, -0.15) is 13.2 Å². The van der Waals surface area contributed by atoms with Crippen molar-refractivity contribution < 1.29 is 22.7 Å². The molecule has 2 aromatic carbocycles. The third-order valence-corrected chi connectivity index (χ3v) is 5.32. The Kier molecular flexibility index (Phi) is 4.68. The molecule has 2 aromatic rings. The van der Waals surface area contributed by atoms with Crippen LogP contribution in [-0.4, -0.2) is 30.5 Å². The fourth-order valence-electron chi connectivity index (χ4n) is 3.71. The smallest absolute Gasteiger partial charge is 0.370 e. The molecule has 1 amide bonds. The molecule has 1 aliphatic carbocycles. The molecule has 1 heterocycles. The number of rotatable bonds is 3. The predicted molar refractivity (Wildman–Crippen MR) is 94.0 cm³/mol. The molecule has 1 aliphatic heterocycles. The summed E-state index contributed by atoms with van der Waals surface area (Å²) < 4.78 is 43.9. The van der Waals surface area contributed by atoms with Crippen LogP contribution in [-0.2, 0) is 15.7 Å². The largest absolute Gasteiger partial charge is 0.416 e. The zero-order valence-corrected chi connectivity index (χ0v) is 14.7. The van der Waals surface area contributed by atoms with E-state index in [0.29, 0.717) is 26.1 Å². The third-order valence-electron chi connectivity index (χ3n) is 5.32. The Morgan fingerprint density at radius 2 is 1.70 bits per heavy atom. The summed E-state index contributed by atoms with van der Waals surface area (Å²) in [5.41, 5.74) is 1.19. The zero-order valence-electron chi connectivity index (χ0n) is 14.7. The van der Waals surface area contributed by atoms with Gasteiger partial charge in [-0.05, 0) is 35.6 Å². The van der Waals surface area contributed by atoms with E-state index in [9.17, 15) is 18.0 Å². The first-order chi connectivity index (χ1) is 12.9. The summed E-state index contributed by atoms with van der Waals surface area (Å²) >= 11 is 0. The van der Waals surface area contributed by atoms with Gasteiger partial charge < -0.3 is 9.64 Å². The second-order valence-electron chi connectivity index (χ2n) is 7.12. The van der Waals surface area contributed by atoms with Crippen molar-refractivity contribution in [1.29, 1.82) is 0 Å². The highest BCUT2D eigenvalue weighted by Gasteiger charge is 2.46. The molecule has 27 heavy (non-hydrogen) atoms. The van der Waals surface area contributed by atoms with E-state index in [-0.39, 0.29) is 23.8 Å². The lowest BCUT2D eigenvalue weighted by Crippen LogP contribution is -2.43. The van der Waals surface area contributed by atoms with Crippen LogP contribution in [0, 0.1) is 5.92 Å². The minimum Gasteiger partial charge on any atom is -0.370 e. The Labute approximate surface area is 155 Å². The average Bonchev–Trinajstić information content (AvgIpc) is 3.48. The monoisotopic (exact) mass is 375 g/mol. The molecule has 0 radical (unpaired) electrons. The van der Waals surface area contributed by atoms with Gasteiger partial charge in [0.25, 0.3) is 0 Å². The summed E-state index contributed by atoms with van der Waals surface area (Å²) in [5.74, 6) is -0.0572. The molecule has 0 N–H and O–H groups in total. The van der Waals surface area contributed by atoms with Gasteiger partial charge in [0, 0.05) is 12.5 Å². The van der Waals surface area contributed by atoms with Crippen molar-refractivity contribution in [2.45, 2.75) is 24.6 Å². The first kappa shape index (κ1) is 18.0. The molecule has 6 heteroatoms. The van der Waals surface area contributed by atoms with Gasteiger partial charge in [0.05, 0.1) is 18.7 Å². The highest BCUT2D eigenvalue weighted by atomic mass is 19.4. The van der Waals surface area contributed by atoms with Crippen molar-refractivity contribution in [3.63, 3.8) is 0 Å². The molecule has 3 atom stereocenters. The van der Waals surface area contributed by atoms with Crippen LogP contribution in [0.15, 0.2) is 54.6 Å². The van der Waals surface area contributed by atoms with Crippen molar-refractivity contribution in [3.05, 3.63) is 71.3 Å². The Balaban J connectivity index is 1.39. The summed E-state index contributed by atoms with van der Waals surface area (Å²) in [6.07, 6.45) is -3.78. The quantitative estimate of drug-likeness (QED) is 0.795. The molecule has 142 valence electrons. The first-order valence-electron chi connectivity index (χ1n) is 9.06. The molecule has 1 saturated heterocycles. The van der Waals surface area contributed by atoms with Crippen LogP contribution in [0.5, 0.6) is 0 Å². The van der Waals surface area contributed by atoms with Crippen LogP contribution >= 0.6 is 0 Å². The summed E-state index contributed by atoms with van der Waals surface area (Å²) in [4.78, 5) is 14.7. The number of hydrogen-bond donors (Lipinski definition) is 0. The Morgan fingerprint density at radius 3 is 2.37 bits per heavy atom. The van der Waals surface area contributed by atoms with E-state index in [4.69, 9.17) is 4.74 Å². The number of carbonyl (C=O) groups is 1. The predicted octanol–water partition coefficient (Wildman–Crippen LogP) is 4.41. The number of halogens is 3. The highest BCUT2D eigenvalue weighted by molar-refractivity contribution is 5.83. The summed E-state index contributed by atoms with van der Waals surface area (Å²) in [6, 6.07) is 15.0. The Bertz CT molecular complexity index is 804. The number of carbonyl (C=O) groups excluding carboxylic acids is 1. The zero-order chi connectivity index (χ0) is 19.0. The molecule has 1 saturated carbocycles. The van der Waals surface area contributed by atoms with E-state index in [1.54, 1.807) is 0 Å². The lowest BCUT2D eigenvalue weighted by atomic mass is 10.0. The summed E-state index contributed by atoms with van der Waals surface area (Å²) in [6.45, 7) is 1.56. The van der Waals surface area contributed by atoms with E-state index in [1.165, 1.54) is 12.1 Å². The van der Waals surface area contributed by atoms with Crippen LogP contribution in [0.4, 0.5) is 13.2 Å². The number of benzene rings is 2. The van der Waals surface area contributed by atoms with Crippen molar-refractivity contribution in [1.82, 2.24) is 4.90 Å². The molecule has 3 unspecified atom stereocenters. The highest BCUT2D eigenvalue weighted by Crippen LogP contribution is 2.49. The van der Waals surface area contributed by atoms with Gasteiger partial charge in [-0.3, -0.25) is 4.79 Å². The Hall–Kier alpha value is -2.34. The van der Waals surface area contributed by atoms with Crippen molar-refractivity contribution in [3.8, 4) is 0 Å². The third kappa shape index (κ3) is 3.86. The van der Waals surface area contributed by atoms with Gasteiger partial charge >= 0.3 is 6.18 Å². The van der Waals surface area contributed by atoms with E-state index in [2.05, 4.69) is 0 Å². The van der Waals surface area contributed by atoms with Gasteiger partial charge in [-0.15, -0.1) is 0 Å². The van der Waals surface area contributed by atoms with Crippen LogP contribution in [0.3, 0.4) is 0 Å². The number of nitrogens with zero attached hydrogens (tertiary/aromatic N) is 1. The van der Waals surface area contributed by atoms with Crippen LogP contribution < -0.4 is 0 Å². The van der Waals surface area contributed by atoms with Crippen molar-refractivity contribution in [2.75, 3.05) is 19.7 Å². The topological polar surface area (TPSA) is 29.5 Å². The maximum atomic E-state index is 12.8. The van der Waals surface area contributed by atoms with Crippen LogP contribution in [0.25, 0.3) is 0 Å². The molecule has 3 nitrogen and oxygen atoms in total. The van der Waals surface area contributed by atoms with E-state index >= 15 is 0 Å². The van der Waals surface area contributed by atoms with Crippen LogP contribution in [0.2, 0.25) is 0 Å². The van der Waals surface area contributed by atoms with E-state index in [1.807, 2.05) is 35.2 Å². The molecule has 0 bridgehead atoms. The number of morpholine rings is 1. The van der Waals surface area contributed by atoms with Crippen molar-refractivity contribution >= 4 is 5.91 Å². The molecule has 4 rings (SSSR count). The molecular weight excluding hydrogens is 355 g/mol. The average molecular weight is 375 g/mol. The molecule has 2 aliphatic rings. The maximum absolute atomic E-state index is 12.8. The van der Waals surface area contributed by atoms with Gasteiger partial charge in [-0.1, -0.05) is 42.5 Å². The fraction of sp³-hybridized carbons (Fsp3) is 0.381. The minimum atomic E-state index is -4.34. The Morgan fingerprint density at radius 1 is 1.00 bits per heavy atom. The standard InChI is InChI=1S/C21H20F3NO2/c22-21(23,24)16-8-6-14(7-9-16)17-12-18(17)20(26)25-10-11-27-19(13-25)15-4-2-1-3-5-15/h1-9,17-19H,10-13H2. The molecule has 0 aromatic heterocycles. The van der Waals surface area contributed by atoms with Crippen molar-refractivity contribution in [2.24, 2.45) is 5.92 Å². The molecule has 2 fully saturated rings. The van der Waals surface area contributed by atoms with Gasteiger partial charge in [0.15, 0.2) is 0 Å². The second-order valence-corrected chi connectivity index (χ2v) is 7.12. The van der Waals surface area contributed by atoms with Gasteiger partial charge in [0.1, 0.15) is 6.10 Å². The fourth-order valence-corrected chi connectivity index (χ4v) is 3.71. The number of hydrogen-bond acceptors (Lipinski definition) is 2. The minimum absolute atomic E-state index is 0.0119. The number of amides is 1. The number of alkyl halides is 3. The lowest BCUT2D eigenvalue weighted by Gasteiger charge is -2.33. The molecular formula is C21H20F3NO2. The van der Waals surface area contributed by atoms with E-state index in [0.717, 1.165) is 23.3 Å². The lowest BCUT2D eigenvalue weighted by molar-refractivity contribution is -0.140. The second kappa shape index (κ2) is 7.00. The van der Waals surface area contributed by atoms with Crippen LogP contribution in [0.1, 0.15) is 35.1 Å². The first-order valence-corrected chi connectivity index (χ1v) is 9.06. The summed E-state index contributed by atoms with van der Waals surface area (Å²) in [5, 5.41) is 0. The van der Waals surface area contributed by atoms with Gasteiger partial charge in [0.2, 0.25) is 5.91 Å². The summed E-state index contributed by atoms with van der Waals surface area (Å²) in [7, 11) is 0. The van der Waals surface area contributed by atoms with E-state index < -0.39 is 11.7 Å². The maximum Gasteiger partial charge on any atom is 0.416 e.